The van der Waals surface area contributed by atoms with Crippen LogP contribution in [0.5, 0.6) is 0 Å². The summed E-state index contributed by atoms with van der Waals surface area (Å²) in [6.45, 7) is 0. The van der Waals surface area contributed by atoms with Crippen LogP contribution in [0.3, 0.4) is 0 Å². The van der Waals surface area contributed by atoms with Gasteiger partial charge in [0.25, 0.3) is 0 Å². The topological polar surface area (TPSA) is 62.1 Å². The fraction of sp³-hybridized carbons (Fsp3) is 0.0909. The molecule has 0 amide bonds. The fourth-order valence-electron chi connectivity index (χ4n) is 0.981. The normalized spacial score (nSPS) is 10.4. The Kier molecular flexibility index (Phi) is 4.55. The summed E-state index contributed by atoms with van der Waals surface area (Å²) in [5, 5.41) is 11.5. The van der Waals surface area contributed by atoms with Gasteiger partial charge in [0.1, 0.15) is 6.07 Å². The number of nitrogens with one attached hydrogen (secondary N) is 1. The van der Waals surface area contributed by atoms with Crippen molar-refractivity contribution in [2.45, 2.75) is 0 Å². The molecule has 0 atom stereocenters. The van der Waals surface area contributed by atoms with Crippen molar-refractivity contribution in [1.29, 1.82) is 5.26 Å². The Labute approximate surface area is 102 Å². The zero-order valence-electron chi connectivity index (χ0n) is 8.53. The van der Waals surface area contributed by atoms with Crippen LogP contribution in [0.2, 0.25) is 0 Å². The van der Waals surface area contributed by atoms with Crippen molar-refractivity contribution in [1.82, 2.24) is 0 Å². The maximum atomic E-state index is 11.1. The molecule has 1 rings (SSSR count). The first kappa shape index (κ1) is 12.3. The summed E-state index contributed by atoms with van der Waals surface area (Å²) in [5.41, 5.74) is 0.688. The molecule has 4 nitrogen and oxygen atoms in total. The highest BCUT2D eigenvalue weighted by Crippen LogP contribution is 2.15. The van der Waals surface area contributed by atoms with Crippen LogP contribution in [0.15, 0.2) is 40.5 Å². The number of halogens is 1. The average Bonchev–Trinajstić information content (AvgIpc) is 2.29. The summed E-state index contributed by atoms with van der Waals surface area (Å²) in [4.78, 5) is 11.1. The van der Waals surface area contributed by atoms with Crippen molar-refractivity contribution < 1.29 is 9.53 Å². The van der Waals surface area contributed by atoms with E-state index in [1.54, 1.807) is 6.07 Å². The van der Waals surface area contributed by atoms with Crippen molar-refractivity contribution in [3.8, 4) is 6.07 Å². The number of esters is 1. The molecule has 0 saturated heterocycles. The first-order chi connectivity index (χ1) is 7.67. The monoisotopic (exact) mass is 280 g/mol. The highest BCUT2D eigenvalue weighted by molar-refractivity contribution is 9.10. The Morgan fingerprint density at radius 3 is 2.94 bits per heavy atom. The number of ether oxygens (including phenoxy) is 1. The van der Waals surface area contributed by atoms with E-state index in [-0.39, 0.29) is 5.57 Å². The summed E-state index contributed by atoms with van der Waals surface area (Å²) in [6, 6.07) is 9.10. The van der Waals surface area contributed by atoms with Crippen LogP contribution in [-0.4, -0.2) is 13.1 Å². The van der Waals surface area contributed by atoms with Gasteiger partial charge >= 0.3 is 5.97 Å². The summed E-state index contributed by atoms with van der Waals surface area (Å²) in [6.07, 6.45) is 1.31. The number of nitrogens with zero attached hydrogens (tertiary/aromatic N) is 1. The van der Waals surface area contributed by atoms with Gasteiger partial charge in [-0.15, -0.1) is 0 Å². The van der Waals surface area contributed by atoms with Crippen molar-refractivity contribution in [2.24, 2.45) is 0 Å². The summed E-state index contributed by atoms with van der Waals surface area (Å²) in [5.74, 6) is -0.662. The van der Waals surface area contributed by atoms with Gasteiger partial charge in [-0.25, -0.2) is 4.79 Å². The molecule has 0 heterocycles. The predicted octanol–water partition coefficient (Wildman–Crippen LogP) is 2.44. The van der Waals surface area contributed by atoms with E-state index in [1.165, 1.54) is 13.3 Å². The number of carbonyl (C=O) groups excluding carboxylic acids is 1. The molecule has 16 heavy (non-hydrogen) atoms. The molecule has 1 aromatic carbocycles. The number of benzene rings is 1. The first-order valence-corrected chi connectivity index (χ1v) is 5.17. The second-order valence-electron chi connectivity index (χ2n) is 2.82. The predicted molar refractivity (Wildman–Crippen MR) is 63.5 cm³/mol. The summed E-state index contributed by atoms with van der Waals surface area (Å²) >= 11 is 3.31. The second-order valence-corrected chi connectivity index (χ2v) is 3.73. The van der Waals surface area contributed by atoms with Gasteiger partial charge in [0.15, 0.2) is 5.57 Å². The molecule has 0 bridgehead atoms. The van der Waals surface area contributed by atoms with Gasteiger partial charge in [-0.1, -0.05) is 22.0 Å². The minimum atomic E-state index is -0.662. The zero-order chi connectivity index (χ0) is 12.0. The van der Waals surface area contributed by atoms with E-state index < -0.39 is 5.97 Å². The SMILES string of the molecule is COC(=O)/C(C#N)=C/Nc1cccc(Br)c1. The lowest BCUT2D eigenvalue weighted by molar-refractivity contribution is -0.135. The number of carbonyl (C=O) groups is 1. The maximum Gasteiger partial charge on any atom is 0.350 e. The largest absolute Gasteiger partial charge is 0.465 e. The van der Waals surface area contributed by atoms with Gasteiger partial charge in [0.2, 0.25) is 0 Å². The number of hydrogen-bond acceptors (Lipinski definition) is 4. The van der Waals surface area contributed by atoms with Crippen LogP contribution in [0.4, 0.5) is 5.69 Å². The Bertz CT molecular complexity index is 463. The average molecular weight is 281 g/mol. The van der Waals surface area contributed by atoms with Gasteiger partial charge < -0.3 is 10.1 Å². The summed E-state index contributed by atoms with van der Waals surface area (Å²) < 4.78 is 5.34. The van der Waals surface area contributed by atoms with Gasteiger partial charge in [-0.3, -0.25) is 0 Å². The molecule has 0 spiro atoms. The molecule has 0 unspecified atom stereocenters. The van der Waals surface area contributed by atoms with Gasteiger partial charge in [0, 0.05) is 16.4 Å². The maximum absolute atomic E-state index is 11.1. The molecule has 82 valence electrons. The van der Waals surface area contributed by atoms with Crippen LogP contribution in [-0.2, 0) is 9.53 Å². The number of anilines is 1. The van der Waals surface area contributed by atoms with E-state index in [0.29, 0.717) is 0 Å². The lowest BCUT2D eigenvalue weighted by Gasteiger charge is -2.01. The van der Waals surface area contributed by atoms with E-state index in [1.807, 2.05) is 24.3 Å². The van der Waals surface area contributed by atoms with Crippen LogP contribution in [0, 0.1) is 11.3 Å². The van der Waals surface area contributed by atoms with Gasteiger partial charge in [-0.05, 0) is 18.2 Å². The highest BCUT2D eigenvalue weighted by Gasteiger charge is 2.07. The standard InChI is InChI=1S/C11H9BrN2O2/c1-16-11(15)8(6-13)7-14-10-4-2-3-9(12)5-10/h2-5,7,14H,1H3/b8-7+. The van der Waals surface area contributed by atoms with Crippen LogP contribution in [0.25, 0.3) is 0 Å². The molecule has 5 heteroatoms. The number of nitriles is 1. The van der Waals surface area contributed by atoms with Crippen LogP contribution >= 0.6 is 15.9 Å². The van der Waals surface area contributed by atoms with E-state index in [9.17, 15) is 4.79 Å². The van der Waals surface area contributed by atoms with Crippen molar-refractivity contribution >= 4 is 27.6 Å². The lowest BCUT2D eigenvalue weighted by atomic mass is 10.3. The molecule has 0 aromatic heterocycles. The van der Waals surface area contributed by atoms with Gasteiger partial charge in [0.05, 0.1) is 7.11 Å². The first-order valence-electron chi connectivity index (χ1n) is 4.38. The van der Waals surface area contributed by atoms with Crippen molar-refractivity contribution in [3.05, 3.63) is 40.5 Å². The van der Waals surface area contributed by atoms with Gasteiger partial charge in [-0.2, -0.15) is 5.26 Å². The lowest BCUT2D eigenvalue weighted by Crippen LogP contribution is -2.05. The number of methoxy groups -OCH3 is 1. The zero-order valence-corrected chi connectivity index (χ0v) is 10.1. The Morgan fingerprint density at radius 2 is 2.38 bits per heavy atom. The van der Waals surface area contributed by atoms with Crippen LogP contribution in [0.1, 0.15) is 0 Å². The fourth-order valence-corrected chi connectivity index (χ4v) is 1.38. The molecule has 0 aliphatic rings. The van der Waals surface area contributed by atoms with E-state index in [4.69, 9.17) is 5.26 Å². The van der Waals surface area contributed by atoms with E-state index in [0.717, 1.165) is 10.2 Å². The summed E-state index contributed by atoms with van der Waals surface area (Å²) in [7, 11) is 1.23. The molecule has 0 saturated carbocycles. The Hall–Kier alpha value is -1.80. The molecule has 0 fully saturated rings. The Balaban J connectivity index is 2.79. The second kappa shape index (κ2) is 5.93. The smallest absolute Gasteiger partial charge is 0.350 e. The van der Waals surface area contributed by atoms with E-state index >= 15 is 0 Å². The molecule has 0 radical (unpaired) electrons. The minimum Gasteiger partial charge on any atom is -0.465 e. The number of hydrogen-bond donors (Lipinski definition) is 1. The van der Waals surface area contributed by atoms with E-state index in [2.05, 4.69) is 26.0 Å². The highest BCUT2D eigenvalue weighted by atomic mass is 79.9. The third kappa shape index (κ3) is 3.41. The van der Waals surface area contributed by atoms with Crippen molar-refractivity contribution in [2.75, 3.05) is 12.4 Å². The number of rotatable bonds is 3. The molecular formula is C11H9BrN2O2. The van der Waals surface area contributed by atoms with Crippen LogP contribution < -0.4 is 5.32 Å². The Morgan fingerprint density at radius 1 is 1.62 bits per heavy atom. The molecule has 0 aliphatic carbocycles. The quantitative estimate of drug-likeness (QED) is 0.525. The van der Waals surface area contributed by atoms with Crippen molar-refractivity contribution in [3.63, 3.8) is 0 Å². The minimum absolute atomic E-state index is 0.0810. The molecule has 1 N–H and O–H groups in total. The molecule has 0 aliphatic heterocycles. The third-order valence-electron chi connectivity index (χ3n) is 1.73. The third-order valence-corrected chi connectivity index (χ3v) is 2.23. The molecular weight excluding hydrogens is 272 g/mol. The molecule has 1 aromatic rings.